The van der Waals surface area contributed by atoms with Crippen LogP contribution in [0.3, 0.4) is 0 Å². The molecule has 0 radical (unpaired) electrons. The summed E-state index contributed by atoms with van der Waals surface area (Å²) in [4.78, 5) is 9.41. The quantitative estimate of drug-likeness (QED) is 0.528. The second-order valence-corrected chi connectivity index (χ2v) is 9.34. The van der Waals surface area contributed by atoms with Gasteiger partial charge >= 0.3 is 0 Å². The summed E-state index contributed by atoms with van der Waals surface area (Å²) in [6.07, 6.45) is 1.90. The van der Waals surface area contributed by atoms with Gasteiger partial charge in [0.1, 0.15) is 0 Å². The van der Waals surface area contributed by atoms with Crippen LogP contribution in [0, 0.1) is 6.92 Å². The van der Waals surface area contributed by atoms with Crippen LogP contribution in [0.2, 0.25) is 0 Å². The Labute approximate surface area is 129 Å². The summed E-state index contributed by atoms with van der Waals surface area (Å²) in [5, 5.41) is 0. The molecule has 102 valence electrons. The fourth-order valence-corrected chi connectivity index (χ4v) is 2.26. The van der Waals surface area contributed by atoms with Crippen molar-refractivity contribution in [2.24, 2.45) is 0 Å². The number of fused-ring (bicyclic) bond motifs is 1. The molecule has 2 aromatic rings. The smallest absolute Gasteiger partial charge is 0.0920 e. The maximum atomic E-state index is 4.80. The minimum absolute atomic E-state index is 0.00802. The predicted molar refractivity (Wildman–Crippen MR) is 90.0 cm³/mol. The van der Waals surface area contributed by atoms with Crippen molar-refractivity contribution in [1.29, 1.82) is 0 Å². The van der Waals surface area contributed by atoms with Crippen molar-refractivity contribution < 1.29 is 0 Å². The zero-order chi connectivity index (χ0) is 14.4. The summed E-state index contributed by atoms with van der Waals surface area (Å²) in [5.74, 6) is 0. The highest BCUT2D eigenvalue weighted by molar-refractivity contribution is 14.1. The molecule has 2 nitrogen and oxygen atoms in total. The highest BCUT2D eigenvalue weighted by atomic mass is 127. The SMILES string of the molecule is Cc1cc(C(C)(C)C)cc2ncc(C(C)(C)I)nc12. The lowest BCUT2D eigenvalue weighted by atomic mass is 9.86. The first-order valence-electron chi connectivity index (χ1n) is 6.56. The van der Waals surface area contributed by atoms with Gasteiger partial charge in [-0.05, 0) is 43.4 Å². The number of hydrogen-bond donors (Lipinski definition) is 0. The Kier molecular flexibility index (Phi) is 3.62. The van der Waals surface area contributed by atoms with Crippen LogP contribution < -0.4 is 0 Å². The first-order valence-corrected chi connectivity index (χ1v) is 7.64. The molecule has 19 heavy (non-hydrogen) atoms. The van der Waals surface area contributed by atoms with Crippen molar-refractivity contribution in [3.8, 4) is 0 Å². The standard InChI is InChI=1S/C16H21IN2/c1-10-7-11(15(2,3)4)8-12-14(10)19-13(9-18-12)16(5,6)17/h7-9H,1-6H3. The topological polar surface area (TPSA) is 25.8 Å². The zero-order valence-electron chi connectivity index (χ0n) is 12.5. The average molecular weight is 368 g/mol. The lowest BCUT2D eigenvalue weighted by Gasteiger charge is -2.21. The molecule has 0 fully saturated rings. The Morgan fingerprint density at radius 1 is 1.05 bits per heavy atom. The third-order valence-corrected chi connectivity index (χ3v) is 3.87. The molecule has 1 aromatic carbocycles. The van der Waals surface area contributed by atoms with Crippen molar-refractivity contribution in [3.05, 3.63) is 35.2 Å². The number of benzene rings is 1. The summed E-state index contributed by atoms with van der Waals surface area (Å²) >= 11 is 2.40. The van der Waals surface area contributed by atoms with Crippen molar-refractivity contribution >= 4 is 33.6 Å². The molecule has 1 heterocycles. The molecule has 0 N–H and O–H groups in total. The van der Waals surface area contributed by atoms with E-state index in [2.05, 4.69) is 81.3 Å². The van der Waals surface area contributed by atoms with Gasteiger partial charge in [-0.2, -0.15) is 0 Å². The number of alkyl halides is 1. The van der Waals surface area contributed by atoms with Gasteiger partial charge in [0.25, 0.3) is 0 Å². The van der Waals surface area contributed by atoms with E-state index in [0.29, 0.717) is 0 Å². The molecule has 0 amide bonds. The van der Waals surface area contributed by atoms with E-state index < -0.39 is 0 Å². The lowest BCUT2D eigenvalue weighted by molar-refractivity contribution is 0.590. The van der Waals surface area contributed by atoms with Gasteiger partial charge in [-0.15, -0.1) is 0 Å². The molecule has 3 heteroatoms. The molecule has 0 spiro atoms. The second kappa shape index (κ2) is 4.69. The van der Waals surface area contributed by atoms with Crippen molar-refractivity contribution in [2.75, 3.05) is 0 Å². The molecule has 0 atom stereocenters. The van der Waals surface area contributed by atoms with Gasteiger partial charge in [-0.3, -0.25) is 4.98 Å². The monoisotopic (exact) mass is 368 g/mol. The normalized spacial score (nSPS) is 13.0. The Balaban J connectivity index is 2.67. The second-order valence-electron chi connectivity index (χ2n) is 6.64. The van der Waals surface area contributed by atoms with Crippen LogP contribution >= 0.6 is 22.6 Å². The van der Waals surface area contributed by atoms with Crippen LogP contribution in [-0.2, 0) is 8.84 Å². The van der Waals surface area contributed by atoms with E-state index in [1.807, 2.05) is 6.20 Å². The predicted octanol–water partition coefficient (Wildman–Crippen LogP) is 4.91. The Bertz CT molecular complexity index is 619. The highest BCUT2D eigenvalue weighted by Crippen LogP contribution is 2.31. The Morgan fingerprint density at radius 3 is 2.21 bits per heavy atom. The van der Waals surface area contributed by atoms with Gasteiger partial charge in [0.15, 0.2) is 0 Å². The molecule has 1 aromatic heterocycles. The number of halogens is 1. The van der Waals surface area contributed by atoms with Crippen molar-refractivity contribution in [1.82, 2.24) is 9.97 Å². The van der Waals surface area contributed by atoms with E-state index >= 15 is 0 Å². The lowest BCUT2D eigenvalue weighted by Crippen LogP contribution is -2.13. The van der Waals surface area contributed by atoms with Gasteiger partial charge < -0.3 is 0 Å². The van der Waals surface area contributed by atoms with E-state index in [9.17, 15) is 0 Å². The van der Waals surface area contributed by atoms with Crippen LogP contribution in [-0.4, -0.2) is 9.97 Å². The molecular formula is C16H21IN2. The number of aromatic nitrogens is 2. The zero-order valence-corrected chi connectivity index (χ0v) is 14.7. The van der Waals surface area contributed by atoms with Gasteiger partial charge in [-0.25, -0.2) is 4.98 Å². The van der Waals surface area contributed by atoms with Crippen LogP contribution in [0.5, 0.6) is 0 Å². The fraction of sp³-hybridized carbons (Fsp3) is 0.500. The first kappa shape index (κ1) is 14.7. The maximum absolute atomic E-state index is 4.80. The van der Waals surface area contributed by atoms with Crippen LogP contribution in [0.4, 0.5) is 0 Å². The highest BCUT2D eigenvalue weighted by Gasteiger charge is 2.20. The van der Waals surface area contributed by atoms with Gasteiger partial charge in [0, 0.05) is 0 Å². The van der Waals surface area contributed by atoms with E-state index in [-0.39, 0.29) is 8.84 Å². The summed E-state index contributed by atoms with van der Waals surface area (Å²) in [6.45, 7) is 13.1. The number of hydrogen-bond acceptors (Lipinski definition) is 2. The molecular weight excluding hydrogens is 347 g/mol. The third-order valence-electron chi connectivity index (χ3n) is 3.31. The number of nitrogens with zero attached hydrogens (tertiary/aromatic N) is 2. The van der Waals surface area contributed by atoms with Crippen molar-refractivity contribution in [2.45, 2.75) is 50.4 Å². The Hall–Kier alpha value is -0.710. The van der Waals surface area contributed by atoms with Crippen LogP contribution in [0.25, 0.3) is 11.0 Å². The number of aryl methyl sites for hydroxylation is 1. The fourth-order valence-electron chi connectivity index (χ4n) is 2.00. The van der Waals surface area contributed by atoms with Crippen LogP contribution in [0.15, 0.2) is 18.3 Å². The molecule has 0 aliphatic carbocycles. The van der Waals surface area contributed by atoms with E-state index in [0.717, 1.165) is 16.7 Å². The molecule has 0 unspecified atom stereocenters. The summed E-state index contributed by atoms with van der Waals surface area (Å²) in [5.41, 5.74) is 5.71. The van der Waals surface area contributed by atoms with Gasteiger partial charge in [-0.1, -0.05) is 49.4 Å². The molecule has 0 bridgehead atoms. The number of rotatable bonds is 1. The molecule has 0 aliphatic rings. The van der Waals surface area contributed by atoms with Crippen molar-refractivity contribution in [3.63, 3.8) is 0 Å². The summed E-state index contributed by atoms with van der Waals surface area (Å²) in [6, 6.07) is 4.40. The molecule has 0 saturated heterocycles. The minimum Gasteiger partial charge on any atom is -0.253 e. The summed E-state index contributed by atoms with van der Waals surface area (Å²) in [7, 11) is 0. The average Bonchev–Trinajstić information content (AvgIpc) is 2.26. The van der Waals surface area contributed by atoms with Gasteiger partial charge in [0.2, 0.25) is 0 Å². The Morgan fingerprint density at radius 2 is 1.68 bits per heavy atom. The van der Waals surface area contributed by atoms with Gasteiger partial charge in [0.05, 0.1) is 26.3 Å². The van der Waals surface area contributed by atoms with E-state index in [1.165, 1.54) is 11.1 Å². The first-order chi connectivity index (χ1) is 8.59. The summed E-state index contributed by atoms with van der Waals surface area (Å²) < 4.78 is 0.00802. The molecule has 2 rings (SSSR count). The van der Waals surface area contributed by atoms with E-state index in [1.54, 1.807) is 0 Å². The largest absolute Gasteiger partial charge is 0.253 e. The van der Waals surface area contributed by atoms with Crippen LogP contribution in [0.1, 0.15) is 51.4 Å². The third kappa shape index (κ3) is 3.07. The van der Waals surface area contributed by atoms with E-state index in [4.69, 9.17) is 4.98 Å². The minimum atomic E-state index is 0.00802. The maximum Gasteiger partial charge on any atom is 0.0920 e. The molecule has 0 aliphatic heterocycles. The molecule has 0 saturated carbocycles.